The Morgan fingerprint density at radius 2 is 1.40 bits per heavy atom. The topological polar surface area (TPSA) is 96.0 Å². The van der Waals surface area contributed by atoms with Gasteiger partial charge < -0.3 is 15.0 Å². The highest BCUT2D eigenvalue weighted by Gasteiger charge is 2.33. The number of ether oxygens (including phenoxy) is 1. The molecule has 8 nitrogen and oxygen atoms in total. The molecule has 0 fully saturated rings. The van der Waals surface area contributed by atoms with E-state index >= 15 is 0 Å². The van der Waals surface area contributed by atoms with E-state index in [0.717, 1.165) is 16.1 Å². The third kappa shape index (κ3) is 9.64. The van der Waals surface area contributed by atoms with Crippen LogP contribution in [0.25, 0.3) is 0 Å². The zero-order valence-electron chi connectivity index (χ0n) is 25.6. The highest BCUT2D eigenvalue weighted by molar-refractivity contribution is 7.92. The Morgan fingerprint density at radius 1 is 0.822 bits per heavy atom. The number of para-hydroxylation sites is 1. The summed E-state index contributed by atoms with van der Waals surface area (Å²) in [7, 11) is -3.93. The van der Waals surface area contributed by atoms with E-state index in [0.29, 0.717) is 23.5 Å². The highest BCUT2D eigenvalue weighted by atomic mass is 32.2. The van der Waals surface area contributed by atoms with Gasteiger partial charge in [-0.1, -0.05) is 67.6 Å². The van der Waals surface area contributed by atoms with Crippen molar-refractivity contribution >= 4 is 27.5 Å². The summed E-state index contributed by atoms with van der Waals surface area (Å²) in [4.78, 5) is 29.3. The average Bonchev–Trinajstić information content (AvgIpc) is 3.03. The summed E-state index contributed by atoms with van der Waals surface area (Å²) >= 11 is 0. The summed E-state index contributed by atoms with van der Waals surface area (Å²) in [6, 6.07) is 29.3. The molecule has 0 unspecified atom stereocenters. The lowest BCUT2D eigenvalue weighted by molar-refractivity contribution is -0.140. The number of carbonyl (C=O) groups excluding carboxylic acids is 2. The Kier molecular flexibility index (Phi) is 11.3. The van der Waals surface area contributed by atoms with Gasteiger partial charge in [0.25, 0.3) is 0 Å². The van der Waals surface area contributed by atoms with Crippen LogP contribution in [0.15, 0.2) is 109 Å². The molecule has 0 radical (unpaired) electrons. The first-order chi connectivity index (χ1) is 21.5. The minimum absolute atomic E-state index is 0.0357. The monoisotopic (exact) mass is 631 g/mol. The second kappa shape index (κ2) is 15.3. The second-order valence-electron chi connectivity index (χ2n) is 10.9. The predicted octanol–water partition coefficient (Wildman–Crippen LogP) is 5.94. The summed E-state index contributed by atoms with van der Waals surface area (Å²) < 4.78 is 46.7. The molecule has 0 aromatic heterocycles. The molecule has 4 rings (SSSR count). The minimum Gasteiger partial charge on any atom is -0.457 e. The normalized spacial score (nSPS) is 12.5. The molecule has 2 amide bonds. The zero-order chi connectivity index (χ0) is 32.4. The maximum absolute atomic E-state index is 14.2. The Labute approximate surface area is 264 Å². The number of amides is 2. The van der Waals surface area contributed by atoms with Crippen LogP contribution >= 0.6 is 0 Å². The van der Waals surface area contributed by atoms with E-state index in [4.69, 9.17) is 4.74 Å². The van der Waals surface area contributed by atoms with Crippen LogP contribution < -0.4 is 14.4 Å². The number of carbonyl (C=O) groups is 2. The Hall–Kier alpha value is -4.70. The van der Waals surface area contributed by atoms with Crippen molar-refractivity contribution in [3.63, 3.8) is 0 Å². The number of hydrogen-bond donors (Lipinski definition) is 1. The molecule has 0 aliphatic heterocycles. The number of halogens is 1. The lowest BCUT2D eigenvalue weighted by Crippen LogP contribution is -2.54. The maximum Gasteiger partial charge on any atom is 0.244 e. The van der Waals surface area contributed by atoms with E-state index in [9.17, 15) is 22.4 Å². The molecule has 4 aromatic rings. The van der Waals surface area contributed by atoms with E-state index in [2.05, 4.69) is 5.32 Å². The molecular weight excluding hydrogens is 593 g/mol. The van der Waals surface area contributed by atoms with Crippen LogP contribution in [0.2, 0.25) is 0 Å². The standard InChI is InChI=1S/C35H38FN3O5S/c1-4-26(2)37-35(41)33(23-27-11-7-5-8-12-27)38(24-28-15-17-29(36)18-16-28)34(40)25-39(45(3,42)43)30-19-21-32(22-20-30)44-31-13-9-6-10-14-31/h5-22,26,33H,4,23-25H2,1-3H3,(H,37,41)/t26-,33+/m1/s1. The number of nitrogens with one attached hydrogen (secondary N) is 1. The third-order valence-electron chi connectivity index (χ3n) is 7.32. The predicted molar refractivity (Wildman–Crippen MR) is 174 cm³/mol. The maximum atomic E-state index is 14.2. The first kappa shape index (κ1) is 33.2. The molecule has 1 N–H and O–H groups in total. The van der Waals surface area contributed by atoms with Gasteiger partial charge in [-0.15, -0.1) is 0 Å². The van der Waals surface area contributed by atoms with Gasteiger partial charge in [0.1, 0.15) is 29.9 Å². The van der Waals surface area contributed by atoms with E-state index in [1.807, 2.05) is 62.4 Å². The molecular formula is C35H38FN3O5S. The second-order valence-corrected chi connectivity index (χ2v) is 12.8. The number of benzene rings is 4. The largest absolute Gasteiger partial charge is 0.457 e. The van der Waals surface area contributed by atoms with Crippen molar-refractivity contribution in [3.8, 4) is 11.5 Å². The highest BCUT2D eigenvalue weighted by Crippen LogP contribution is 2.26. The quantitative estimate of drug-likeness (QED) is 0.186. The lowest BCUT2D eigenvalue weighted by atomic mass is 10.0. The van der Waals surface area contributed by atoms with Gasteiger partial charge in [0.2, 0.25) is 21.8 Å². The van der Waals surface area contributed by atoms with Gasteiger partial charge >= 0.3 is 0 Å². The Morgan fingerprint density at radius 3 is 1.98 bits per heavy atom. The van der Waals surface area contributed by atoms with Crippen molar-refractivity contribution in [1.82, 2.24) is 10.2 Å². The van der Waals surface area contributed by atoms with Crippen molar-refractivity contribution in [2.75, 3.05) is 17.1 Å². The molecule has 45 heavy (non-hydrogen) atoms. The molecule has 4 aromatic carbocycles. The van der Waals surface area contributed by atoms with E-state index in [1.165, 1.54) is 17.0 Å². The van der Waals surface area contributed by atoms with E-state index in [1.54, 1.807) is 48.5 Å². The summed E-state index contributed by atoms with van der Waals surface area (Å²) in [5.74, 6) is -0.272. The van der Waals surface area contributed by atoms with Gasteiger partial charge in [-0.3, -0.25) is 13.9 Å². The summed E-state index contributed by atoms with van der Waals surface area (Å²) in [5, 5.41) is 2.98. The fraction of sp³-hybridized carbons (Fsp3) is 0.257. The molecule has 0 heterocycles. The van der Waals surface area contributed by atoms with Gasteiger partial charge in [-0.25, -0.2) is 12.8 Å². The molecule has 0 spiro atoms. The first-order valence-electron chi connectivity index (χ1n) is 14.7. The van der Waals surface area contributed by atoms with Crippen molar-refractivity contribution in [2.45, 2.75) is 45.3 Å². The number of hydrogen-bond acceptors (Lipinski definition) is 5. The van der Waals surface area contributed by atoms with Crippen LogP contribution in [0.1, 0.15) is 31.4 Å². The fourth-order valence-electron chi connectivity index (χ4n) is 4.70. The zero-order valence-corrected chi connectivity index (χ0v) is 26.4. The fourth-order valence-corrected chi connectivity index (χ4v) is 5.55. The number of rotatable bonds is 14. The Balaban J connectivity index is 1.67. The van der Waals surface area contributed by atoms with Gasteiger partial charge in [-0.2, -0.15) is 0 Å². The summed E-state index contributed by atoms with van der Waals surface area (Å²) in [6.07, 6.45) is 1.90. The third-order valence-corrected chi connectivity index (χ3v) is 8.46. The van der Waals surface area contributed by atoms with Crippen LogP contribution in [-0.2, 0) is 32.6 Å². The Bertz CT molecular complexity index is 1650. The molecule has 2 atom stereocenters. The van der Waals surface area contributed by atoms with Crippen molar-refractivity contribution in [2.24, 2.45) is 0 Å². The van der Waals surface area contributed by atoms with Crippen molar-refractivity contribution in [3.05, 3.63) is 126 Å². The summed E-state index contributed by atoms with van der Waals surface area (Å²) in [5.41, 5.74) is 1.68. The molecule has 0 aliphatic carbocycles. The van der Waals surface area contributed by atoms with Crippen molar-refractivity contribution in [1.29, 1.82) is 0 Å². The van der Waals surface area contributed by atoms with Gasteiger partial charge in [0.15, 0.2) is 0 Å². The molecule has 10 heteroatoms. The van der Waals surface area contributed by atoms with Crippen molar-refractivity contribution < 1.29 is 27.1 Å². The molecule has 0 aliphatic rings. The molecule has 0 bridgehead atoms. The molecule has 0 saturated heterocycles. The van der Waals surface area contributed by atoms with Crippen LogP contribution in [0.5, 0.6) is 11.5 Å². The van der Waals surface area contributed by atoms with E-state index < -0.39 is 34.3 Å². The van der Waals surface area contributed by atoms with Crippen LogP contribution in [0.4, 0.5) is 10.1 Å². The first-order valence-corrected chi connectivity index (χ1v) is 16.6. The average molecular weight is 632 g/mol. The smallest absolute Gasteiger partial charge is 0.244 e. The SMILES string of the molecule is CC[C@@H](C)NC(=O)[C@H](Cc1ccccc1)N(Cc1ccc(F)cc1)C(=O)CN(c1ccc(Oc2ccccc2)cc1)S(C)(=O)=O. The van der Waals surface area contributed by atoms with Gasteiger partial charge in [0, 0.05) is 19.0 Å². The number of sulfonamides is 1. The number of anilines is 1. The number of nitrogens with zero attached hydrogens (tertiary/aromatic N) is 2. The van der Waals surface area contributed by atoms with Gasteiger partial charge in [0.05, 0.1) is 11.9 Å². The minimum atomic E-state index is -3.93. The van der Waals surface area contributed by atoms with Crippen LogP contribution in [-0.4, -0.2) is 50.0 Å². The lowest BCUT2D eigenvalue weighted by Gasteiger charge is -2.34. The van der Waals surface area contributed by atoms with E-state index in [-0.39, 0.29) is 30.6 Å². The molecule has 0 saturated carbocycles. The molecule has 236 valence electrons. The summed E-state index contributed by atoms with van der Waals surface area (Å²) in [6.45, 7) is 3.23. The van der Waals surface area contributed by atoms with Gasteiger partial charge in [-0.05, 0) is 73.0 Å². The van der Waals surface area contributed by atoms with Crippen LogP contribution in [0.3, 0.4) is 0 Å². The van der Waals surface area contributed by atoms with Crippen LogP contribution in [0, 0.1) is 5.82 Å².